The van der Waals surface area contributed by atoms with Crippen molar-refractivity contribution in [2.45, 2.75) is 25.4 Å². The van der Waals surface area contributed by atoms with Crippen LogP contribution in [0.1, 0.15) is 22.8 Å². The minimum Gasteiger partial charge on any atom is -0.482 e. The van der Waals surface area contributed by atoms with Gasteiger partial charge in [-0.15, -0.1) is 11.3 Å². The lowest BCUT2D eigenvalue weighted by molar-refractivity contribution is -0.136. The van der Waals surface area contributed by atoms with Gasteiger partial charge in [0.15, 0.2) is 6.61 Å². The van der Waals surface area contributed by atoms with Crippen molar-refractivity contribution in [1.82, 2.24) is 9.88 Å². The summed E-state index contributed by atoms with van der Waals surface area (Å²) < 4.78 is 5.44. The van der Waals surface area contributed by atoms with E-state index in [1.165, 1.54) is 10.4 Å². The molecule has 0 unspecified atom stereocenters. The third-order valence-corrected chi connectivity index (χ3v) is 5.32. The van der Waals surface area contributed by atoms with Crippen LogP contribution in [-0.4, -0.2) is 46.7 Å². The van der Waals surface area contributed by atoms with Gasteiger partial charge in [-0.1, -0.05) is 0 Å². The van der Waals surface area contributed by atoms with Crippen LogP contribution in [0.3, 0.4) is 0 Å². The molecule has 3 heterocycles. The Kier molecular flexibility index (Phi) is 4.93. The van der Waals surface area contributed by atoms with Crippen molar-refractivity contribution >= 4 is 17.2 Å². The van der Waals surface area contributed by atoms with Crippen molar-refractivity contribution < 1.29 is 14.6 Å². The minimum atomic E-state index is -0.525. The largest absolute Gasteiger partial charge is 0.482 e. The number of carbonyl (C=O) groups is 1. The topological polar surface area (TPSA) is 62.7 Å². The van der Waals surface area contributed by atoms with E-state index in [9.17, 15) is 9.90 Å². The molecule has 5 nitrogen and oxygen atoms in total. The molecule has 0 spiro atoms. The lowest BCUT2D eigenvalue weighted by Gasteiger charge is -2.35. The molecule has 2 aromatic rings. The zero-order valence-corrected chi connectivity index (χ0v) is 13.8. The molecule has 0 aromatic carbocycles. The number of carbonyl (C=O) groups excluding carboxylic acids is 1. The molecule has 0 radical (unpaired) electrons. The summed E-state index contributed by atoms with van der Waals surface area (Å²) in [5, 5.41) is 12.5. The van der Waals surface area contributed by atoms with Crippen molar-refractivity contribution in [2.24, 2.45) is 0 Å². The smallest absolute Gasteiger partial charge is 0.260 e. The van der Waals surface area contributed by atoms with Crippen molar-refractivity contribution in [3.63, 3.8) is 0 Å². The zero-order chi connectivity index (χ0) is 16.2. The number of aliphatic hydroxyl groups excluding tert-OH is 1. The number of likely N-dealkylation sites (tertiary alicyclic amines) is 1. The number of β-amino-alcohol motifs (C(OH)–C–C–N with tert-alkyl or cyclic N) is 1. The molecule has 2 aromatic heterocycles. The predicted molar refractivity (Wildman–Crippen MR) is 88.7 cm³/mol. The van der Waals surface area contributed by atoms with Crippen LogP contribution in [0.4, 0.5) is 0 Å². The van der Waals surface area contributed by atoms with Gasteiger partial charge < -0.3 is 14.7 Å². The predicted octanol–water partition coefficient (Wildman–Crippen LogP) is 2.21. The van der Waals surface area contributed by atoms with E-state index in [-0.39, 0.29) is 18.4 Å². The van der Waals surface area contributed by atoms with Crippen molar-refractivity contribution in [3.8, 4) is 5.75 Å². The van der Waals surface area contributed by atoms with Crippen LogP contribution in [0, 0.1) is 6.92 Å². The van der Waals surface area contributed by atoms with E-state index in [2.05, 4.69) is 23.4 Å². The third-order valence-electron chi connectivity index (χ3n) is 4.17. The molecule has 2 atom stereocenters. The number of hydrogen-bond acceptors (Lipinski definition) is 5. The highest BCUT2D eigenvalue weighted by Gasteiger charge is 2.32. The maximum absolute atomic E-state index is 12.2. The maximum atomic E-state index is 12.2. The van der Waals surface area contributed by atoms with Crippen LogP contribution < -0.4 is 4.74 Å². The Morgan fingerprint density at radius 2 is 2.39 bits per heavy atom. The maximum Gasteiger partial charge on any atom is 0.260 e. The van der Waals surface area contributed by atoms with Crippen molar-refractivity contribution in [3.05, 3.63) is 46.4 Å². The molecular weight excluding hydrogens is 312 g/mol. The number of aliphatic hydroxyl groups is 1. The second-order valence-corrected chi connectivity index (χ2v) is 6.70. The number of rotatable bonds is 4. The van der Waals surface area contributed by atoms with Crippen LogP contribution >= 0.6 is 11.3 Å². The number of amides is 1. The van der Waals surface area contributed by atoms with Crippen LogP contribution in [0.15, 0.2) is 36.0 Å². The van der Waals surface area contributed by atoms with E-state index in [1.807, 2.05) is 0 Å². The first-order valence-corrected chi connectivity index (χ1v) is 8.56. The van der Waals surface area contributed by atoms with Crippen LogP contribution in [0.25, 0.3) is 0 Å². The van der Waals surface area contributed by atoms with Crippen LogP contribution in [-0.2, 0) is 4.79 Å². The molecule has 122 valence electrons. The summed E-state index contributed by atoms with van der Waals surface area (Å²) in [6, 6.07) is 5.60. The molecule has 0 aliphatic carbocycles. The third kappa shape index (κ3) is 3.71. The lowest BCUT2D eigenvalue weighted by atomic mass is 9.90. The zero-order valence-electron chi connectivity index (χ0n) is 13.0. The summed E-state index contributed by atoms with van der Waals surface area (Å²) in [6.07, 6.45) is 3.49. The van der Waals surface area contributed by atoms with E-state index in [1.54, 1.807) is 40.8 Å². The summed E-state index contributed by atoms with van der Waals surface area (Å²) in [7, 11) is 0. The van der Waals surface area contributed by atoms with Gasteiger partial charge in [0.2, 0.25) is 0 Å². The van der Waals surface area contributed by atoms with E-state index in [0.29, 0.717) is 18.8 Å². The van der Waals surface area contributed by atoms with Crippen molar-refractivity contribution in [2.75, 3.05) is 19.7 Å². The van der Waals surface area contributed by atoms with Gasteiger partial charge >= 0.3 is 0 Å². The van der Waals surface area contributed by atoms with Crippen LogP contribution in [0.5, 0.6) is 5.75 Å². The molecule has 0 saturated carbocycles. The van der Waals surface area contributed by atoms with Gasteiger partial charge in [-0.3, -0.25) is 9.78 Å². The Bertz CT molecular complexity index is 659. The minimum absolute atomic E-state index is 0.0267. The number of thiophene rings is 1. The molecule has 0 bridgehead atoms. The molecule has 1 N–H and O–H groups in total. The highest BCUT2D eigenvalue weighted by molar-refractivity contribution is 7.10. The Morgan fingerprint density at radius 3 is 3.04 bits per heavy atom. The number of nitrogens with zero attached hydrogens (tertiary/aromatic N) is 2. The standard InChI is InChI=1S/C17H20N2O3S/c1-12-5-8-23-17(12)14-4-7-19(10-15(14)20)16(21)11-22-13-3-2-6-18-9-13/h2-3,5-6,8-9,14-15,20H,4,7,10-11H2,1H3/t14-,15-/m1/s1. The molecule has 3 rings (SSSR count). The van der Waals surface area contributed by atoms with E-state index in [0.717, 1.165) is 6.42 Å². The van der Waals surface area contributed by atoms with Gasteiger partial charge in [0.25, 0.3) is 5.91 Å². The highest BCUT2D eigenvalue weighted by Crippen LogP contribution is 2.34. The Morgan fingerprint density at radius 1 is 1.52 bits per heavy atom. The summed E-state index contributed by atoms with van der Waals surface area (Å²) in [5.74, 6) is 0.595. The Labute approximate surface area is 139 Å². The SMILES string of the molecule is Cc1ccsc1[C@@H]1CCN(C(=O)COc2cccnc2)C[C@H]1O. The molecule has 1 aliphatic heterocycles. The molecule has 6 heteroatoms. The lowest BCUT2D eigenvalue weighted by Crippen LogP contribution is -2.47. The first-order chi connectivity index (χ1) is 11.1. The number of pyridine rings is 1. The molecule has 1 aliphatic rings. The average Bonchev–Trinajstić information content (AvgIpc) is 2.99. The fraction of sp³-hybridized carbons (Fsp3) is 0.412. The van der Waals surface area contributed by atoms with Gasteiger partial charge in [0.1, 0.15) is 5.75 Å². The quantitative estimate of drug-likeness (QED) is 0.932. The summed E-state index contributed by atoms with van der Waals surface area (Å²) in [4.78, 5) is 19.1. The Balaban J connectivity index is 1.55. The number of ether oxygens (including phenoxy) is 1. The van der Waals surface area contributed by atoms with E-state index < -0.39 is 6.10 Å². The van der Waals surface area contributed by atoms with Crippen molar-refractivity contribution in [1.29, 1.82) is 0 Å². The summed E-state index contributed by atoms with van der Waals surface area (Å²) in [6.45, 7) is 3.05. The van der Waals surface area contributed by atoms with Gasteiger partial charge in [-0.05, 0) is 42.5 Å². The first kappa shape index (κ1) is 16.0. The average molecular weight is 332 g/mol. The normalized spacial score (nSPS) is 21.2. The van der Waals surface area contributed by atoms with Gasteiger partial charge in [0.05, 0.1) is 12.3 Å². The Hall–Kier alpha value is -1.92. The number of hydrogen-bond donors (Lipinski definition) is 1. The number of aromatic nitrogens is 1. The molecule has 23 heavy (non-hydrogen) atoms. The summed E-state index contributed by atoms with van der Waals surface area (Å²) >= 11 is 1.68. The molecular formula is C17H20N2O3S. The first-order valence-electron chi connectivity index (χ1n) is 7.68. The monoisotopic (exact) mass is 332 g/mol. The highest BCUT2D eigenvalue weighted by atomic mass is 32.1. The molecule has 1 fully saturated rings. The number of aryl methyl sites for hydroxylation is 1. The second-order valence-electron chi connectivity index (χ2n) is 5.75. The van der Waals surface area contributed by atoms with Crippen LogP contribution in [0.2, 0.25) is 0 Å². The van der Waals surface area contributed by atoms with E-state index in [4.69, 9.17) is 4.74 Å². The number of piperidine rings is 1. The van der Waals surface area contributed by atoms with Gasteiger partial charge in [0, 0.05) is 30.1 Å². The van der Waals surface area contributed by atoms with E-state index >= 15 is 0 Å². The fourth-order valence-electron chi connectivity index (χ4n) is 2.90. The fourth-order valence-corrected chi connectivity index (χ4v) is 4.02. The van der Waals surface area contributed by atoms with Gasteiger partial charge in [-0.25, -0.2) is 0 Å². The second kappa shape index (κ2) is 7.10. The molecule has 1 amide bonds. The molecule has 1 saturated heterocycles. The van der Waals surface area contributed by atoms with Gasteiger partial charge in [-0.2, -0.15) is 0 Å². The summed E-state index contributed by atoms with van der Waals surface area (Å²) in [5.41, 5.74) is 1.22.